The minimum absolute atomic E-state index is 0.0877. The zero-order valence-corrected chi connectivity index (χ0v) is 12.1. The van der Waals surface area contributed by atoms with Crippen LogP contribution in [0.4, 0.5) is 0 Å². The first-order valence-electron chi connectivity index (χ1n) is 7.33. The zero-order valence-electron chi connectivity index (χ0n) is 12.1. The van der Waals surface area contributed by atoms with Crippen molar-refractivity contribution in [2.24, 2.45) is 5.92 Å². The monoisotopic (exact) mass is 261 g/mol. The molecule has 0 spiro atoms. The van der Waals surface area contributed by atoms with Gasteiger partial charge in [0.15, 0.2) is 5.82 Å². The van der Waals surface area contributed by atoms with Gasteiger partial charge in [-0.25, -0.2) is 9.97 Å². The summed E-state index contributed by atoms with van der Waals surface area (Å²) in [4.78, 5) is 9.64. The van der Waals surface area contributed by atoms with E-state index in [1.54, 1.807) is 7.11 Å². The predicted molar refractivity (Wildman–Crippen MR) is 74.0 cm³/mol. The van der Waals surface area contributed by atoms with E-state index in [1.807, 2.05) is 0 Å². The molecule has 1 aromatic rings. The van der Waals surface area contributed by atoms with Crippen LogP contribution in [0.2, 0.25) is 0 Å². The molecular weight excluding hydrogens is 238 g/mol. The number of ether oxygens (including phenoxy) is 1. The van der Waals surface area contributed by atoms with Crippen LogP contribution >= 0.6 is 0 Å². The van der Waals surface area contributed by atoms with Crippen LogP contribution in [0.1, 0.15) is 61.5 Å². The van der Waals surface area contributed by atoms with Crippen molar-refractivity contribution in [3.8, 4) is 0 Å². The molecule has 4 nitrogen and oxygen atoms in total. The van der Waals surface area contributed by atoms with Crippen molar-refractivity contribution in [1.82, 2.24) is 15.3 Å². The van der Waals surface area contributed by atoms with Crippen molar-refractivity contribution in [3.05, 3.63) is 22.8 Å². The molecule has 1 saturated carbocycles. The van der Waals surface area contributed by atoms with Crippen LogP contribution in [-0.2, 0) is 17.7 Å². The summed E-state index contributed by atoms with van der Waals surface area (Å²) in [6, 6.07) is 0. The van der Waals surface area contributed by atoms with Crippen molar-refractivity contribution in [3.63, 3.8) is 0 Å². The van der Waals surface area contributed by atoms with Crippen LogP contribution < -0.4 is 5.32 Å². The highest BCUT2D eigenvalue weighted by atomic mass is 16.5. The molecule has 0 radical (unpaired) electrons. The first-order valence-corrected chi connectivity index (χ1v) is 7.33. The van der Waals surface area contributed by atoms with Crippen molar-refractivity contribution < 1.29 is 4.74 Å². The highest BCUT2D eigenvalue weighted by molar-refractivity contribution is 5.31. The summed E-state index contributed by atoms with van der Waals surface area (Å²) < 4.78 is 5.64. The topological polar surface area (TPSA) is 47.0 Å². The maximum absolute atomic E-state index is 5.64. The Balaban J connectivity index is 2.03. The smallest absolute Gasteiger partial charge is 0.157 e. The van der Waals surface area contributed by atoms with E-state index in [0.717, 1.165) is 25.3 Å². The number of nitrogens with zero attached hydrogens (tertiary/aromatic N) is 2. The highest BCUT2D eigenvalue weighted by Crippen LogP contribution is 2.42. The predicted octanol–water partition coefficient (Wildman–Crippen LogP) is 2.34. The molecule has 1 aromatic heterocycles. The van der Waals surface area contributed by atoms with Crippen molar-refractivity contribution in [1.29, 1.82) is 0 Å². The fourth-order valence-corrected chi connectivity index (χ4v) is 2.92. The summed E-state index contributed by atoms with van der Waals surface area (Å²) in [5.74, 6) is 1.97. The first-order chi connectivity index (χ1) is 9.20. The number of aromatic nitrogens is 2. The summed E-state index contributed by atoms with van der Waals surface area (Å²) in [5.41, 5.74) is 3.77. The number of methoxy groups -OCH3 is 1. The Morgan fingerprint density at radius 2 is 2.05 bits per heavy atom. The maximum atomic E-state index is 5.64. The van der Waals surface area contributed by atoms with E-state index in [9.17, 15) is 0 Å². The molecule has 1 aliphatic heterocycles. The summed E-state index contributed by atoms with van der Waals surface area (Å²) >= 11 is 0. The molecule has 4 heteroatoms. The van der Waals surface area contributed by atoms with Crippen LogP contribution in [-0.4, -0.2) is 23.6 Å². The second kappa shape index (κ2) is 5.17. The lowest BCUT2D eigenvalue weighted by molar-refractivity contribution is 0.0766. The van der Waals surface area contributed by atoms with Gasteiger partial charge in [0.2, 0.25) is 0 Å². The molecule has 19 heavy (non-hydrogen) atoms. The van der Waals surface area contributed by atoms with Gasteiger partial charge in [-0.15, -0.1) is 0 Å². The summed E-state index contributed by atoms with van der Waals surface area (Å²) in [6.45, 7) is 6.33. The van der Waals surface area contributed by atoms with Crippen LogP contribution in [0.25, 0.3) is 0 Å². The summed E-state index contributed by atoms with van der Waals surface area (Å²) in [5, 5.41) is 3.41. The second-order valence-electron chi connectivity index (χ2n) is 5.97. The second-order valence-corrected chi connectivity index (χ2v) is 5.97. The number of nitrogens with one attached hydrogen (secondary N) is 1. The van der Waals surface area contributed by atoms with E-state index >= 15 is 0 Å². The Labute approximate surface area is 115 Å². The van der Waals surface area contributed by atoms with Gasteiger partial charge in [0, 0.05) is 13.7 Å². The van der Waals surface area contributed by atoms with Crippen LogP contribution in [0, 0.1) is 5.92 Å². The van der Waals surface area contributed by atoms with E-state index in [-0.39, 0.29) is 6.10 Å². The van der Waals surface area contributed by atoms with Crippen molar-refractivity contribution in [2.75, 3.05) is 13.7 Å². The average Bonchev–Trinajstić information content (AvgIpc) is 3.23. The van der Waals surface area contributed by atoms with Crippen LogP contribution in [0.15, 0.2) is 0 Å². The summed E-state index contributed by atoms with van der Waals surface area (Å²) in [6.07, 6.45) is 3.62. The van der Waals surface area contributed by atoms with Gasteiger partial charge in [0.25, 0.3) is 0 Å². The molecular formula is C15H23N3O. The van der Waals surface area contributed by atoms with Gasteiger partial charge in [0.1, 0.15) is 6.10 Å². The van der Waals surface area contributed by atoms with Gasteiger partial charge < -0.3 is 10.1 Å². The van der Waals surface area contributed by atoms with Crippen molar-refractivity contribution in [2.45, 2.75) is 51.7 Å². The lowest BCUT2D eigenvalue weighted by Gasteiger charge is -2.23. The number of hydrogen-bond donors (Lipinski definition) is 1. The quantitative estimate of drug-likeness (QED) is 0.903. The van der Waals surface area contributed by atoms with E-state index in [1.165, 1.54) is 29.8 Å². The SMILES string of the molecule is COC(c1nc2c(c(C(C)C)n1)CCNC2)C1CC1. The number of fused-ring (bicyclic) bond motifs is 1. The molecule has 1 atom stereocenters. The lowest BCUT2D eigenvalue weighted by Crippen LogP contribution is -2.28. The molecule has 0 bridgehead atoms. The van der Waals surface area contributed by atoms with Gasteiger partial charge in [-0.1, -0.05) is 13.8 Å². The number of hydrogen-bond acceptors (Lipinski definition) is 4. The Kier molecular flexibility index (Phi) is 3.54. The van der Waals surface area contributed by atoms with E-state index in [2.05, 4.69) is 19.2 Å². The molecule has 0 amide bonds. The van der Waals surface area contributed by atoms with Gasteiger partial charge in [-0.2, -0.15) is 0 Å². The van der Waals surface area contributed by atoms with E-state index in [0.29, 0.717) is 11.8 Å². The average molecular weight is 261 g/mol. The van der Waals surface area contributed by atoms with Gasteiger partial charge >= 0.3 is 0 Å². The third-order valence-corrected chi connectivity index (χ3v) is 4.09. The fraction of sp³-hybridized carbons (Fsp3) is 0.733. The Bertz CT molecular complexity index is 469. The summed E-state index contributed by atoms with van der Waals surface area (Å²) in [7, 11) is 1.78. The fourth-order valence-electron chi connectivity index (χ4n) is 2.92. The minimum atomic E-state index is 0.0877. The van der Waals surface area contributed by atoms with E-state index in [4.69, 9.17) is 14.7 Å². The normalized spacial score (nSPS) is 20.4. The Morgan fingerprint density at radius 3 is 2.68 bits per heavy atom. The molecule has 3 rings (SSSR count). The highest BCUT2D eigenvalue weighted by Gasteiger charge is 2.35. The van der Waals surface area contributed by atoms with Gasteiger partial charge in [0.05, 0.1) is 11.4 Å². The van der Waals surface area contributed by atoms with Gasteiger partial charge in [-0.05, 0) is 43.2 Å². The minimum Gasteiger partial charge on any atom is -0.373 e. The molecule has 2 heterocycles. The molecule has 1 N–H and O–H groups in total. The molecule has 104 valence electrons. The maximum Gasteiger partial charge on any atom is 0.157 e. The molecule has 0 aromatic carbocycles. The number of rotatable bonds is 4. The zero-order chi connectivity index (χ0) is 13.4. The standard InChI is InChI=1S/C15H23N3O/c1-9(2)13-11-6-7-16-8-12(11)17-15(18-13)14(19-3)10-4-5-10/h9-10,14,16H,4-8H2,1-3H3. The molecule has 2 aliphatic rings. The molecule has 1 aliphatic carbocycles. The van der Waals surface area contributed by atoms with Crippen LogP contribution in [0.5, 0.6) is 0 Å². The molecule has 1 fully saturated rings. The Morgan fingerprint density at radius 1 is 1.26 bits per heavy atom. The Hall–Kier alpha value is -1.00. The first kappa shape index (κ1) is 13.0. The van der Waals surface area contributed by atoms with E-state index < -0.39 is 0 Å². The van der Waals surface area contributed by atoms with Crippen LogP contribution in [0.3, 0.4) is 0 Å². The molecule has 0 saturated heterocycles. The van der Waals surface area contributed by atoms with Crippen molar-refractivity contribution >= 4 is 0 Å². The van der Waals surface area contributed by atoms with Gasteiger partial charge in [-0.3, -0.25) is 0 Å². The lowest BCUT2D eigenvalue weighted by atomic mass is 9.97. The third kappa shape index (κ3) is 2.51. The third-order valence-electron chi connectivity index (χ3n) is 4.09. The molecule has 1 unspecified atom stereocenters. The largest absolute Gasteiger partial charge is 0.373 e.